The van der Waals surface area contributed by atoms with Gasteiger partial charge in [-0.25, -0.2) is 4.39 Å². The summed E-state index contributed by atoms with van der Waals surface area (Å²) in [4.78, 5) is 16.0. The quantitative estimate of drug-likeness (QED) is 0.232. The van der Waals surface area contributed by atoms with Crippen molar-refractivity contribution in [2.75, 3.05) is 20.1 Å². The third-order valence-electron chi connectivity index (χ3n) is 4.30. The number of benzene rings is 1. The Kier molecular flexibility index (Phi) is 11.3. The molecule has 1 aromatic carbocycles. The molecule has 0 aliphatic rings. The van der Waals surface area contributed by atoms with Gasteiger partial charge in [-0.15, -0.1) is 24.0 Å². The molecule has 0 aliphatic heterocycles. The Morgan fingerprint density at radius 1 is 1.17 bits per heavy atom. The molecular formula is C21H30FIN4O2. The van der Waals surface area contributed by atoms with Crippen LogP contribution in [0.3, 0.4) is 0 Å². The lowest BCUT2D eigenvalue weighted by atomic mass is 10.3. The molecule has 0 radical (unpaired) electrons. The van der Waals surface area contributed by atoms with Gasteiger partial charge < -0.3 is 19.9 Å². The van der Waals surface area contributed by atoms with Gasteiger partial charge in [0, 0.05) is 31.9 Å². The highest BCUT2D eigenvalue weighted by atomic mass is 127. The lowest BCUT2D eigenvalue weighted by Crippen LogP contribution is -2.42. The zero-order chi connectivity index (χ0) is 20.4. The fourth-order valence-corrected chi connectivity index (χ4v) is 2.76. The Morgan fingerprint density at radius 3 is 2.55 bits per heavy atom. The van der Waals surface area contributed by atoms with Gasteiger partial charge in [-0.1, -0.05) is 6.07 Å². The number of nitrogens with zero attached hydrogens (tertiary/aromatic N) is 2. The van der Waals surface area contributed by atoms with E-state index >= 15 is 0 Å². The molecule has 1 heterocycles. The predicted molar refractivity (Wildman–Crippen MR) is 126 cm³/mol. The highest BCUT2D eigenvalue weighted by molar-refractivity contribution is 14.0. The van der Waals surface area contributed by atoms with Crippen LogP contribution < -0.4 is 20.9 Å². The number of aromatic nitrogens is 1. The van der Waals surface area contributed by atoms with E-state index in [2.05, 4.69) is 15.6 Å². The van der Waals surface area contributed by atoms with Crippen molar-refractivity contribution >= 4 is 29.9 Å². The molecule has 160 valence electrons. The largest absolute Gasteiger partial charge is 0.489 e. The maximum absolute atomic E-state index is 12.9. The Morgan fingerprint density at radius 2 is 1.90 bits per heavy atom. The molecule has 6 nitrogen and oxygen atoms in total. The highest BCUT2D eigenvalue weighted by Crippen LogP contribution is 2.12. The molecule has 0 fully saturated rings. The standard InChI is InChI=1S/C21H29FN4O2.HI/c1-16-7-6-8-20(27)26(16)14-5-4-13-24-21(23-3)25-15-17(2)28-19-11-9-18(22)10-12-19;/h6-12,17H,4-5,13-15H2,1-3H3,(H2,23,24,25);1H. The van der Waals surface area contributed by atoms with Gasteiger partial charge in [0.2, 0.25) is 0 Å². The second kappa shape index (κ2) is 13.2. The number of rotatable bonds is 9. The zero-order valence-electron chi connectivity index (χ0n) is 17.2. The van der Waals surface area contributed by atoms with Crippen molar-refractivity contribution in [3.05, 3.63) is 64.3 Å². The van der Waals surface area contributed by atoms with Gasteiger partial charge in [-0.2, -0.15) is 0 Å². The van der Waals surface area contributed by atoms with E-state index in [1.54, 1.807) is 35.9 Å². The average molecular weight is 516 g/mol. The summed E-state index contributed by atoms with van der Waals surface area (Å²) in [5.41, 5.74) is 1.02. The molecule has 2 aromatic rings. The first-order valence-electron chi connectivity index (χ1n) is 9.53. The normalized spacial score (nSPS) is 12.1. The molecule has 29 heavy (non-hydrogen) atoms. The number of hydrogen-bond donors (Lipinski definition) is 2. The maximum Gasteiger partial charge on any atom is 0.250 e. The molecule has 1 atom stereocenters. The molecule has 8 heteroatoms. The number of guanidine groups is 1. The number of pyridine rings is 1. The summed E-state index contributed by atoms with van der Waals surface area (Å²) in [6.07, 6.45) is 1.72. The fourth-order valence-electron chi connectivity index (χ4n) is 2.76. The summed E-state index contributed by atoms with van der Waals surface area (Å²) in [7, 11) is 1.72. The van der Waals surface area contributed by atoms with E-state index in [0.29, 0.717) is 24.8 Å². The van der Waals surface area contributed by atoms with Crippen LogP contribution in [0.1, 0.15) is 25.5 Å². The molecule has 0 aliphatic carbocycles. The SMILES string of the molecule is CN=C(NCCCCn1c(C)cccc1=O)NCC(C)Oc1ccc(F)cc1.I. The number of nitrogens with one attached hydrogen (secondary N) is 2. The molecule has 1 unspecified atom stereocenters. The van der Waals surface area contributed by atoms with Gasteiger partial charge in [-0.3, -0.25) is 9.79 Å². The third kappa shape index (κ3) is 8.84. The molecule has 2 N–H and O–H groups in total. The van der Waals surface area contributed by atoms with Crippen LogP contribution in [-0.4, -0.2) is 36.8 Å². The third-order valence-corrected chi connectivity index (χ3v) is 4.30. The predicted octanol–water partition coefficient (Wildman–Crippen LogP) is 3.33. The van der Waals surface area contributed by atoms with Crippen molar-refractivity contribution in [2.24, 2.45) is 4.99 Å². The van der Waals surface area contributed by atoms with E-state index in [0.717, 1.165) is 25.1 Å². The second-order valence-corrected chi connectivity index (χ2v) is 6.63. The Balaban J connectivity index is 0.00000420. The van der Waals surface area contributed by atoms with Crippen molar-refractivity contribution in [2.45, 2.75) is 39.3 Å². The number of hydrogen-bond acceptors (Lipinski definition) is 3. The van der Waals surface area contributed by atoms with Crippen LogP contribution in [0, 0.1) is 12.7 Å². The lowest BCUT2D eigenvalue weighted by Gasteiger charge is -2.18. The highest BCUT2D eigenvalue weighted by Gasteiger charge is 2.06. The minimum atomic E-state index is -0.282. The van der Waals surface area contributed by atoms with Crippen molar-refractivity contribution in [1.82, 2.24) is 15.2 Å². The molecule has 2 rings (SSSR count). The van der Waals surface area contributed by atoms with E-state index in [1.807, 2.05) is 19.9 Å². The molecular weight excluding hydrogens is 486 g/mol. The maximum atomic E-state index is 12.9. The summed E-state index contributed by atoms with van der Waals surface area (Å²) in [6, 6.07) is 11.3. The first-order valence-corrected chi connectivity index (χ1v) is 9.53. The monoisotopic (exact) mass is 516 g/mol. The van der Waals surface area contributed by atoms with Gasteiger partial charge in [0.1, 0.15) is 17.7 Å². The lowest BCUT2D eigenvalue weighted by molar-refractivity contribution is 0.223. The van der Waals surface area contributed by atoms with E-state index in [4.69, 9.17) is 4.74 Å². The summed E-state index contributed by atoms with van der Waals surface area (Å²) >= 11 is 0. The number of ether oxygens (including phenoxy) is 1. The summed E-state index contributed by atoms with van der Waals surface area (Å²) in [5.74, 6) is 1.04. The van der Waals surface area contributed by atoms with E-state index in [1.165, 1.54) is 12.1 Å². The van der Waals surface area contributed by atoms with Crippen LogP contribution in [0.2, 0.25) is 0 Å². The van der Waals surface area contributed by atoms with Crippen molar-refractivity contribution in [1.29, 1.82) is 0 Å². The summed E-state index contributed by atoms with van der Waals surface area (Å²) in [6.45, 7) is 5.91. The van der Waals surface area contributed by atoms with Crippen LogP contribution in [0.5, 0.6) is 5.75 Å². The van der Waals surface area contributed by atoms with Crippen LogP contribution >= 0.6 is 24.0 Å². The minimum Gasteiger partial charge on any atom is -0.489 e. The van der Waals surface area contributed by atoms with Crippen LogP contribution in [0.25, 0.3) is 0 Å². The molecule has 0 spiro atoms. The van der Waals surface area contributed by atoms with Gasteiger partial charge in [0.15, 0.2) is 5.96 Å². The van der Waals surface area contributed by atoms with Crippen molar-refractivity contribution in [3.63, 3.8) is 0 Å². The van der Waals surface area contributed by atoms with E-state index in [9.17, 15) is 9.18 Å². The number of unbranched alkanes of at least 4 members (excludes halogenated alkanes) is 1. The average Bonchev–Trinajstić information content (AvgIpc) is 2.67. The minimum absolute atomic E-state index is 0. The Bertz CT molecular complexity index is 824. The first kappa shape index (κ1) is 24.9. The molecule has 0 saturated carbocycles. The van der Waals surface area contributed by atoms with Crippen molar-refractivity contribution in [3.8, 4) is 5.75 Å². The van der Waals surface area contributed by atoms with Gasteiger partial charge in [-0.05, 0) is 57.0 Å². The Labute approximate surface area is 188 Å². The molecule has 0 saturated heterocycles. The molecule has 0 bridgehead atoms. The molecule has 0 amide bonds. The topological polar surface area (TPSA) is 67.7 Å². The summed E-state index contributed by atoms with van der Waals surface area (Å²) in [5, 5.41) is 6.47. The van der Waals surface area contributed by atoms with Gasteiger partial charge in [0.05, 0.1) is 6.54 Å². The van der Waals surface area contributed by atoms with Crippen molar-refractivity contribution < 1.29 is 9.13 Å². The van der Waals surface area contributed by atoms with Crippen LogP contribution in [-0.2, 0) is 6.54 Å². The fraction of sp³-hybridized carbons (Fsp3) is 0.429. The molecule has 1 aromatic heterocycles. The smallest absolute Gasteiger partial charge is 0.250 e. The van der Waals surface area contributed by atoms with Crippen LogP contribution in [0.4, 0.5) is 4.39 Å². The number of aryl methyl sites for hydroxylation is 1. The van der Waals surface area contributed by atoms with E-state index < -0.39 is 0 Å². The Hall–Kier alpha value is -2.10. The second-order valence-electron chi connectivity index (χ2n) is 6.63. The first-order chi connectivity index (χ1) is 13.5. The number of halogens is 2. The van der Waals surface area contributed by atoms with Gasteiger partial charge in [0.25, 0.3) is 5.56 Å². The van der Waals surface area contributed by atoms with Crippen LogP contribution in [0.15, 0.2) is 52.3 Å². The van der Waals surface area contributed by atoms with E-state index in [-0.39, 0.29) is 41.5 Å². The zero-order valence-corrected chi connectivity index (χ0v) is 19.5. The number of aliphatic imine (C=N–C) groups is 1. The summed E-state index contributed by atoms with van der Waals surface area (Å²) < 4.78 is 20.5. The van der Waals surface area contributed by atoms with Gasteiger partial charge >= 0.3 is 0 Å².